The Kier molecular flexibility index (Phi) is 3.75. The molecule has 1 unspecified atom stereocenters. The molecule has 1 N–H and O–H groups in total. The minimum atomic E-state index is -0.508. The molecule has 17 heavy (non-hydrogen) atoms. The standard InChI is InChI=1S/C14H15O2P/c1-17(10-15)9-8-11-4-2-6-13-12(11)5-3-7-14(13)16/h2-7,10,16H,8-9H2,1H3. The van der Waals surface area contributed by atoms with E-state index < -0.39 is 7.92 Å². The summed E-state index contributed by atoms with van der Waals surface area (Å²) < 4.78 is 0. The second-order valence-electron chi connectivity index (χ2n) is 4.13. The van der Waals surface area contributed by atoms with Crippen LogP contribution in [0, 0.1) is 0 Å². The summed E-state index contributed by atoms with van der Waals surface area (Å²) in [6.07, 6.45) is 1.80. The van der Waals surface area contributed by atoms with Crippen molar-refractivity contribution in [2.75, 3.05) is 12.8 Å². The van der Waals surface area contributed by atoms with E-state index in [0.717, 1.165) is 29.4 Å². The summed E-state index contributed by atoms with van der Waals surface area (Å²) in [6, 6.07) is 12.6. The molecule has 3 heteroatoms. The lowest BCUT2D eigenvalue weighted by Crippen LogP contribution is -1.92. The van der Waals surface area contributed by atoms with Gasteiger partial charge in [0.25, 0.3) is 0 Å². The van der Waals surface area contributed by atoms with E-state index in [1.807, 2.05) is 30.9 Å². The van der Waals surface area contributed by atoms with Gasteiger partial charge in [-0.2, -0.15) is 0 Å². The summed E-state index contributed by atoms with van der Waals surface area (Å²) in [4.78, 5) is 10.6. The average Bonchev–Trinajstić information content (AvgIpc) is 2.36. The number of phenolic OH excluding ortho intramolecular Hbond substituents is 1. The Morgan fingerprint density at radius 3 is 2.65 bits per heavy atom. The van der Waals surface area contributed by atoms with Crippen molar-refractivity contribution in [1.82, 2.24) is 0 Å². The van der Waals surface area contributed by atoms with Crippen molar-refractivity contribution in [3.05, 3.63) is 42.0 Å². The Morgan fingerprint density at radius 1 is 1.18 bits per heavy atom. The molecule has 0 aliphatic heterocycles. The topological polar surface area (TPSA) is 37.3 Å². The van der Waals surface area contributed by atoms with E-state index in [-0.39, 0.29) is 0 Å². The second-order valence-corrected chi connectivity index (χ2v) is 6.30. The van der Waals surface area contributed by atoms with Gasteiger partial charge < -0.3 is 5.11 Å². The van der Waals surface area contributed by atoms with Crippen LogP contribution in [0.5, 0.6) is 5.75 Å². The molecular formula is C14H15O2P. The lowest BCUT2D eigenvalue weighted by Gasteiger charge is -2.08. The van der Waals surface area contributed by atoms with Crippen LogP contribution in [0.2, 0.25) is 0 Å². The maximum Gasteiger partial charge on any atom is 0.141 e. The van der Waals surface area contributed by atoms with Gasteiger partial charge in [-0.15, -0.1) is 0 Å². The maximum absolute atomic E-state index is 10.6. The van der Waals surface area contributed by atoms with Crippen LogP contribution in [0.25, 0.3) is 10.8 Å². The highest BCUT2D eigenvalue weighted by molar-refractivity contribution is 7.71. The normalized spacial score (nSPS) is 12.5. The molecule has 0 aromatic heterocycles. The highest BCUT2D eigenvalue weighted by Gasteiger charge is 2.05. The zero-order chi connectivity index (χ0) is 12.3. The minimum Gasteiger partial charge on any atom is -0.507 e. The monoisotopic (exact) mass is 246 g/mol. The van der Waals surface area contributed by atoms with E-state index in [1.54, 1.807) is 6.07 Å². The summed E-state index contributed by atoms with van der Waals surface area (Å²) in [5.41, 5.74) is 1.20. The molecule has 2 aromatic carbocycles. The van der Waals surface area contributed by atoms with Crippen molar-refractivity contribution < 1.29 is 9.90 Å². The van der Waals surface area contributed by atoms with Gasteiger partial charge in [-0.1, -0.05) is 30.3 Å². The first kappa shape index (κ1) is 12.1. The molecule has 0 amide bonds. The number of phenols is 1. The predicted molar refractivity (Wildman–Crippen MR) is 73.8 cm³/mol. The number of aryl methyl sites for hydroxylation is 1. The van der Waals surface area contributed by atoms with Gasteiger partial charge in [-0.05, 0) is 44.2 Å². The lowest BCUT2D eigenvalue weighted by molar-refractivity contribution is 0.481. The summed E-state index contributed by atoms with van der Waals surface area (Å²) in [6.45, 7) is 1.99. The van der Waals surface area contributed by atoms with Crippen molar-refractivity contribution in [3.8, 4) is 5.75 Å². The fourth-order valence-electron chi connectivity index (χ4n) is 1.93. The van der Waals surface area contributed by atoms with Gasteiger partial charge in [0.15, 0.2) is 0 Å². The molecule has 0 spiro atoms. The number of carbonyl (C=O) groups is 1. The van der Waals surface area contributed by atoms with Crippen molar-refractivity contribution in [2.45, 2.75) is 6.42 Å². The van der Waals surface area contributed by atoms with Crippen molar-refractivity contribution in [2.24, 2.45) is 0 Å². The predicted octanol–water partition coefficient (Wildman–Crippen LogP) is 3.39. The van der Waals surface area contributed by atoms with Gasteiger partial charge in [0.2, 0.25) is 0 Å². The highest BCUT2D eigenvalue weighted by Crippen LogP contribution is 2.31. The summed E-state index contributed by atoms with van der Waals surface area (Å²) in [5, 5.41) is 11.7. The van der Waals surface area contributed by atoms with Crippen LogP contribution >= 0.6 is 7.92 Å². The maximum atomic E-state index is 10.6. The number of hydrogen-bond donors (Lipinski definition) is 1. The SMILES string of the molecule is CP(C=O)CCc1cccc2c(O)cccc12. The van der Waals surface area contributed by atoms with Crippen molar-refractivity contribution >= 4 is 24.7 Å². The van der Waals surface area contributed by atoms with E-state index in [4.69, 9.17) is 0 Å². The summed E-state index contributed by atoms with van der Waals surface area (Å²) in [7, 11) is -0.508. The molecule has 0 aliphatic rings. The number of carbonyl (C=O) groups excluding carboxylic acids is 1. The molecule has 0 fully saturated rings. The zero-order valence-corrected chi connectivity index (χ0v) is 10.7. The lowest BCUT2D eigenvalue weighted by atomic mass is 10.0. The summed E-state index contributed by atoms with van der Waals surface area (Å²) >= 11 is 0. The molecule has 0 aliphatic carbocycles. The zero-order valence-electron chi connectivity index (χ0n) is 9.76. The first-order chi connectivity index (χ1) is 8.22. The van der Waals surface area contributed by atoms with Crippen molar-refractivity contribution in [3.63, 3.8) is 0 Å². The van der Waals surface area contributed by atoms with Crippen LogP contribution in [-0.4, -0.2) is 24.0 Å². The Bertz CT molecular complexity index is 537. The molecule has 88 valence electrons. The highest BCUT2D eigenvalue weighted by atomic mass is 31.1. The van der Waals surface area contributed by atoms with E-state index in [1.165, 1.54) is 5.56 Å². The molecule has 0 saturated heterocycles. The smallest absolute Gasteiger partial charge is 0.141 e. The number of hydrogen-bond acceptors (Lipinski definition) is 2. The fraction of sp³-hybridized carbons (Fsp3) is 0.214. The number of fused-ring (bicyclic) bond motifs is 1. The molecule has 0 heterocycles. The molecule has 2 nitrogen and oxygen atoms in total. The van der Waals surface area contributed by atoms with Crippen molar-refractivity contribution in [1.29, 1.82) is 0 Å². The molecule has 2 aromatic rings. The molecule has 0 saturated carbocycles. The van der Waals surface area contributed by atoms with Gasteiger partial charge >= 0.3 is 0 Å². The number of aromatic hydroxyl groups is 1. The fourth-order valence-corrected chi connectivity index (χ4v) is 2.62. The first-order valence-electron chi connectivity index (χ1n) is 5.57. The van der Waals surface area contributed by atoms with Gasteiger partial charge in [0.1, 0.15) is 11.8 Å². The van der Waals surface area contributed by atoms with Gasteiger partial charge in [0, 0.05) is 5.39 Å². The Labute approximate surface area is 102 Å². The largest absolute Gasteiger partial charge is 0.507 e. The summed E-state index contributed by atoms with van der Waals surface area (Å²) in [5.74, 6) is 0.318. The van der Waals surface area contributed by atoms with Gasteiger partial charge in [-0.25, -0.2) is 0 Å². The number of benzene rings is 2. The van der Waals surface area contributed by atoms with Crippen LogP contribution in [0.1, 0.15) is 5.56 Å². The number of rotatable bonds is 4. The minimum absolute atomic E-state index is 0.318. The van der Waals surface area contributed by atoms with Crippen LogP contribution in [0.3, 0.4) is 0 Å². The molecular weight excluding hydrogens is 231 g/mol. The Hall–Kier alpha value is -1.40. The van der Waals surface area contributed by atoms with Crippen LogP contribution in [-0.2, 0) is 11.2 Å². The molecule has 1 atom stereocenters. The average molecular weight is 246 g/mol. The van der Waals surface area contributed by atoms with Crippen LogP contribution in [0.4, 0.5) is 0 Å². The third-order valence-electron chi connectivity index (χ3n) is 2.90. The van der Waals surface area contributed by atoms with Gasteiger partial charge in [-0.3, -0.25) is 4.79 Å². The second kappa shape index (κ2) is 5.29. The third kappa shape index (κ3) is 2.65. The Balaban J connectivity index is 2.34. The molecule has 0 radical (unpaired) electrons. The van der Waals surface area contributed by atoms with E-state index in [9.17, 15) is 9.90 Å². The first-order valence-corrected chi connectivity index (χ1v) is 7.62. The van der Waals surface area contributed by atoms with E-state index in [0.29, 0.717) is 5.75 Å². The quantitative estimate of drug-likeness (QED) is 0.663. The van der Waals surface area contributed by atoms with Gasteiger partial charge in [0.05, 0.1) is 0 Å². The molecule has 0 bridgehead atoms. The van der Waals surface area contributed by atoms with Crippen LogP contribution < -0.4 is 0 Å². The molecule has 2 rings (SSSR count). The van der Waals surface area contributed by atoms with E-state index in [2.05, 4.69) is 6.07 Å². The third-order valence-corrected chi connectivity index (χ3v) is 4.19. The van der Waals surface area contributed by atoms with E-state index >= 15 is 0 Å². The van der Waals surface area contributed by atoms with Crippen LogP contribution in [0.15, 0.2) is 36.4 Å². The Morgan fingerprint density at radius 2 is 1.88 bits per heavy atom.